The highest BCUT2D eigenvalue weighted by Gasteiger charge is 2.23. The highest BCUT2D eigenvalue weighted by Crippen LogP contribution is 2.38. The molecule has 1 heterocycles. The third-order valence-electron chi connectivity index (χ3n) is 6.37. The maximum absolute atomic E-state index is 13.0. The van der Waals surface area contributed by atoms with Gasteiger partial charge in [0, 0.05) is 37.7 Å². The Bertz CT molecular complexity index is 1130. The van der Waals surface area contributed by atoms with Gasteiger partial charge in [-0.15, -0.1) is 0 Å². The van der Waals surface area contributed by atoms with Gasteiger partial charge in [-0.3, -0.25) is 9.69 Å². The molecule has 0 N–H and O–H groups in total. The number of benzene rings is 3. The van der Waals surface area contributed by atoms with Crippen molar-refractivity contribution < 1.29 is 19.0 Å². The van der Waals surface area contributed by atoms with E-state index in [0.717, 1.165) is 35.8 Å². The predicted octanol–water partition coefficient (Wildman–Crippen LogP) is 4.92. The van der Waals surface area contributed by atoms with Crippen LogP contribution in [0.2, 0.25) is 5.02 Å². The summed E-state index contributed by atoms with van der Waals surface area (Å²) in [6.07, 6.45) is 0.288. The van der Waals surface area contributed by atoms with Crippen LogP contribution in [0.5, 0.6) is 17.2 Å². The molecule has 1 amide bonds. The summed E-state index contributed by atoms with van der Waals surface area (Å²) in [6.45, 7) is 3.90. The minimum absolute atomic E-state index is 0.0977. The van der Waals surface area contributed by atoms with E-state index in [1.807, 2.05) is 29.2 Å². The maximum atomic E-state index is 13.0. The molecule has 1 saturated heterocycles. The summed E-state index contributed by atoms with van der Waals surface area (Å²) in [7, 11) is 4.72. The first kappa shape index (κ1) is 24.9. The lowest BCUT2D eigenvalue weighted by Crippen LogP contribution is -2.48. The maximum Gasteiger partial charge on any atom is 0.227 e. The van der Waals surface area contributed by atoms with Crippen LogP contribution in [-0.2, 0) is 17.8 Å². The molecule has 0 unspecified atom stereocenters. The van der Waals surface area contributed by atoms with Crippen LogP contribution in [0.4, 0.5) is 0 Å². The van der Waals surface area contributed by atoms with Gasteiger partial charge in [0.25, 0.3) is 0 Å². The zero-order valence-electron chi connectivity index (χ0n) is 20.4. The highest BCUT2D eigenvalue weighted by atomic mass is 35.5. The second kappa shape index (κ2) is 11.5. The van der Waals surface area contributed by atoms with Gasteiger partial charge >= 0.3 is 0 Å². The Morgan fingerprint density at radius 1 is 0.857 bits per heavy atom. The van der Waals surface area contributed by atoms with Crippen LogP contribution in [0.25, 0.3) is 11.1 Å². The van der Waals surface area contributed by atoms with Crippen LogP contribution in [-0.4, -0.2) is 63.2 Å². The molecule has 0 aromatic heterocycles. The molecule has 0 spiro atoms. The average Bonchev–Trinajstić information content (AvgIpc) is 2.89. The molecule has 0 saturated carbocycles. The van der Waals surface area contributed by atoms with E-state index in [-0.39, 0.29) is 12.3 Å². The highest BCUT2D eigenvalue weighted by molar-refractivity contribution is 6.30. The first-order chi connectivity index (χ1) is 17.0. The number of methoxy groups -OCH3 is 3. The third-order valence-corrected chi connectivity index (χ3v) is 6.62. The average molecular weight is 495 g/mol. The molecule has 0 radical (unpaired) electrons. The molecule has 7 heteroatoms. The van der Waals surface area contributed by atoms with Crippen molar-refractivity contribution in [3.05, 3.63) is 76.8 Å². The number of nitrogens with zero attached hydrogens (tertiary/aromatic N) is 2. The minimum Gasteiger partial charge on any atom is -0.493 e. The number of hydrogen-bond acceptors (Lipinski definition) is 5. The van der Waals surface area contributed by atoms with E-state index in [4.69, 9.17) is 25.8 Å². The molecule has 35 heavy (non-hydrogen) atoms. The number of rotatable bonds is 8. The van der Waals surface area contributed by atoms with Crippen LogP contribution in [0.1, 0.15) is 11.1 Å². The molecule has 4 rings (SSSR count). The Labute approximate surface area is 212 Å². The summed E-state index contributed by atoms with van der Waals surface area (Å²) in [6, 6.07) is 20.1. The van der Waals surface area contributed by atoms with Gasteiger partial charge in [0.2, 0.25) is 11.7 Å². The molecule has 3 aromatic rings. The zero-order valence-corrected chi connectivity index (χ0v) is 21.2. The largest absolute Gasteiger partial charge is 0.493 e. The quantitative estimate of drug-likeness (QED) is 0.445. The van der Waals surface area contributed by atoms with Crippen molar-refractivity contribution in [3.8, 4) is 28.4 Å². The van der Waals surface area contributed by atoms with Gasteiger partial charge in [0.1, 0.15) is 0 Å². The van der Waals surface area contributed by atoms with Gasteiger partial charge in [-0.05, 0) is 46.5 Å². The molecule has 0 atom stereocenters. The molecule has 0 bridgehead atoms. The van der Waals surface area contributed by atoms with E-state index in [2.05, 4.69) is 41.3 Å². The predicted molar refractivity (Wildman–Crippen MR) is 139 cm³/mol. The lowest BCUT2D eigenvalue weighted by molar-refractivity contribution is -0.132. The first-order valence-corrected chi connectivity index (χ1v) is 12.0. The molecule has 1 aliphatic rings. The van der Waals surface area contributed by atoms with Crippen molar-refractivity contribution in [1.82, 2.24) is 9.80 Å². The van der Waals surface area contributed by atoms with Gasteiger partial charge < -0.3 is 19.1 Å². The fourth-order valence-electron chi connectivity index (χ4n) is 4.49. The molecular weight excluding hydrogens is 464 g/mol. The van der Waals surface area contributed by atoms with E-state index in [0.29, 0.717) is 30.3 Å². The van der Waals surface area contributed by atoms with Gasteiger partial charge in [-0.2, -0.15) is 0 Å². The van der Waals surface area contributed by atoms with E-state index >= 15 is 0 Å². The summed E-state index contributed by atoms with van der Waals surface area (Å²) in [5.74, 6) is 1.73. The fraction of sp³-hybridized carbons (Fsp3) is 0.321. The molecule has 3 aromatic carbocycles. The van der Waals surface area contributed by atoms with Gasteiger partial charge in [-0.25, -0.2) is 0 Å². The van der Waals surface area contributed by atoms with Crippen LogP contribution in [0.15, 0.2) is 60.7 Å². The van der Waals surface area contributed by atoms with E-state index in [1.165, 1.54) is 11.1 Å². The van der Waals surface area contributed by atoms with Crippen LogP contribution in [0, 0.1) is 0 Å². The lowest BCUT2D eigenvalue weighted by Gasteiger charge is -2.35. The topological polar surface area (TPSA) is 51.2 Å². The van der Waals surface area contributed by atoms with E-state index in [9.17, 15) is 4.79 Å². The molecular formula is C28H31ClN2O4. The van der Waals surface area contributed by atoms with Crippen molar-refractivity contribution in [3.63, 3.8) is 0 Å². The van der Waals surface area contributed by atoms with Gasteiger partial charge in [0.15, 0.2) is 11.5 Å². The number of halogens is 1. The van der Waals surface area contributed by atoms with E-state index < -0.39 is 0 Å². The van der Waals surface area contributed by atoms with Crippen LogP contribution < -0.4 is 14.2 Å². The number of hydrogen-bond donors (Lipinski definition) is 0. The Balaban J connectivity index is 1.38. The number of piperazine rings is 1. The molecule has 184 valence electrons. The lowest BCUT2D eigenvalue weighted by atomic mass is 9.99. The number of amides is 1. The number of ether oxygens (including phenoxy) is 3. The zero-order chi connectivity index (χ0) is 24.8. The fourth-order valence-corrected chi connectivity index (χ4v) is 4.62. The summed E-state index contributed by atoms with van der Waals surface area (Å²) < 4.78 is 16.2. The standard InChI is InChI=1S/C28H31ClN2O4/c1-33-25-16-20(17-26(34-2)28(25)35-3)18-27(32)31-14-12-30(13-15-31)19-22-6-4-5-7-24(22)21-8-10-23(29)11-9-21/h4-11,16-17H,12-15,18-19H2,1-3H3. The Kier molecular flexibility index (Phi) is 8.16. The van der Waals surface area contributed by atoms with Crippen molar-refractivity contribution in [2.24, 2.45) is 0 Å². The van der Waals surface area contributed by atoms with Gasteiger partial charge in [-0.1, -0.05) is 48.0 Å². The Hall–Kier alpha value is -3.22. The number of carbonyl (C=O) groups is 1. The van der Waals surface area contributed by atoms with Crippen molar-refractivity contribution in [1.29, 1.82) is 0 Å². The van der Waals surface area contributed by atoms with E-state index in [1.54, 1.807) is 21.3 Å². The second-order valence-electron chi connectivity index (χ2n) is 8.53. The second-order valence-corrected chi connectivity index (χ2v) is 8.97. The van der Waals surface area contributed by atoms with Crippen LogP contribution >= 0.6 is 11.6 Å². The first-order valence-electron chi connectivity index (χ1n) is 11.6. The SMILES string of the molecule is COc1cc(CC(=O)N2CCN(Cc3ccccc3-c3ccc(Cl)cc3)CC2)cc(OC)c1OC. The smallest absolute Gasteiger partial charge is 0.227 e. The van der Waals surface area contributed by atoms with Crippen molar-refractivity contribution >= 4 is 17.5 Å². The Morgan fingerprint density at radius 2 is 1.49 bits per heavy atom. The molecule has 0 aliphatic carbocycles. The summed E-state index contributed by atoms with van der Waals surface area (Å²) in [4.78, 5) is 17.4. The Morgan fingerprint density at radius 3 is 2.09 bits per heavy atom. The monoisotopic (exact) mass is 494 g/mol. The summed E-state index contributed by atoms with van der Waals surface area (Å²) >= 11 is 6.07. The minimum atomic E-state index is 0.0977. The van der Waals surface area contributed by atoms with Gasteiger partial charge in [0.05, 0.1) is 27.8 Å². The van der Waals surface area contributed by atoms with Crippen molar-refractivity contribution in [2.45, 2.75) is 13.0 Å². The number of carbonyl (C=O) groups excluding carboxylic acids is 1. The molecule has 1 fully saturated rings. The molecule has 1 aliphatic heterocycles. The molecule has 6 nitrogen and oxygen atoms in total. The third kappa shape index (κ3) is 5.89. The van der Waals surface area contributed by atoms with Crippen molar-refractivity contribution in [2.75, 3.05) is 47.5 Å². The van der Waals surface area contributed by atoms with Crippen LogP contribution in [0.3, 0.4) is 0 Å². The normalized spacial score (nSPS) is 14.0. The summed E-state index contributed by atoms with van der Waals surface area (Å²) in [5, 5.41) is 0.735. The summed E-state index contributed by atoms with van der Waals surface area (Å²) in [5.41, 5.74) is 4.48.